The van der Waals surface area contributed by atoms with Gasteiger partial charge in [-0.1, -0.05) is 0 Å². The third kappa shape index (κ3) is 5.99. The second-order valence-electron chi connectivity index (χ2n) is 2.84. The van der Waals surface area contributed by atoms with Crippen LogP contribution in [0.3, 0.4) is 0 Å². The Bertz CT molecular complexity index is 108. The first-order valence-electron chi connectivity index (χ1n) is 4.65. The molecule has 2 unspecified atom stereocenters. The highest BCUT2D eigenvalue weighted by atomic mass is 16.5. The molecule has 0 amide bonds. The van der Waals surface area contributed by atoms with Crippen molar-refractivity contribution in [2.24, 2.45) is 0 Å². The zero-order valence-electron chi connectivity index (χ0n) is 8.40. The molecule has 0 aliphatic heterocycles. The normalized spacial score (nSPS) is 15.7. The van der Waals surface area contributed by atoms with Crippen LogP contribution in [0, 0.1) is 0 Å². The van der Waals surface area contributed by atoms with Gasteiger partial charge in [-0.15, -0.1) is 0 Å². The van der Waals surface area contributed by atoms with Crippen molar-refractivity contribution >= 4 is 0 Å². The number of hydrogen-bond acceptors (Lipinski definition) is 4. The van der Waals surface area contributed by atoms with E-state index in [0.29, 0.717) is 26.1 Å². The largest absolute Gasteiger partial charge is 0.396 e. The number of rotatable bonds is 8. The molecule has 0 saturated heterocycles. The molecule has 0 aromatic carbocycles. The maximum absolute atomic E-state index is 9.55. The molecule has 0 aromatic rings. The van der Waals surface area contributed by atoms with E-state index >= 15 is 0 Å². The van der Waals surface area contributed by atoms with Crippen molar-refractivity contribution in [3.8, 4) is 0 Å². The highest BCUT2D eigenvalue weighted by Crippen LogP contribution is 2.06. The van der Waals surface area contributed by atoms with Gasteiger partial charge in [0.15, 0.2) is 0 Å². The molecule has 0 rings (SSSR count). The summed E-state index contributed by atoms with van der Waals surface area (Å²) in [7, 11) is 1.53. The van der Waals surface area contributed by atoms with Crippen LogP contribution >= 0.6 is 0 Å². The summed E-state index contributed by atoms with van der Waals surface area (Å²) in [5, 5.41) is 18.2. The van der Waals surface area contributed by atoms with Crippen LogP contribution in [0.25, 0.3) is 0 Å². The second kappa shape index (κ2) is 8.44. The SMILES string of the molecule is CCOCCC(O)C(CCO)OC. The lowest BCUT2D eigenvalue weighted by atomic mass is 10.1. The van der Waals surface area contributed by atoms with Gasteiger partial charge < -0.3 is 19.7 Å². The fraction of sp³-hybridized carbons (Fsp3) is 1.00. The van der Waals surface area contributed by atoms with E-state index in [1.165, 1.54) is 7.11 Å². The Morgan fingerprint density at radius 1 is 1.31 bits per heavy atom. The predicted molar refractivity (Wildman–Crippen MR) is 49.6 cm³/mol. The lowest BCUT2D eigenvalue weighted by molar-refractivity contribution is -0.0377. The summed E-state index contributed by atoms with van der Waals surface area (Å²) < 4.78 is 10.1. The van der Waals surface area contributed by atoms with Crippen molar-refractivity contribution in [1.82, 2.24) is 0 Å². The summed E-state index contributed by atoms with van der Waals surface area (Å²) >= 11 is 0. The molecule has 0 aromatic heterocycles. The second-order valence-corrected chi connectivity index (χ2v) is 2.84. The number of methoxy groups -OCH3 is 1. The van der Waals surface area contributed by atoms with E-state index in [-0.39, 0.29) is 12.7 Å². The molecule has 0 spiro atoms. The lowest BCUT2D eigenvalue weighted by Crippen LogP contribution is -2.30. The fourth-order valence-corrected chi connectivity index (χ4v) is 1.13. The topological polar surface area (TPSA) is 58.9 Å². The maximum Gasteiger partial charge on any atom is 0.0852 e. The number of aliphatic hydroxyl groups is 2. The first kappa shape index (κ1) is 12.8. The van der Waals surface area contributed by atoms with E-state index in [1.807, 2.05) is 6.92 Å². The molecule has 80 valence electrons. The van der Waals surface area contributed by atoms with Crippen molar-refractivity contribution in [3.63, 3.8) is 0 Å². The summed E-state index contributed by atoms with van der Waals surface area (Å²) in [6, 6.07) is 0. The summed E-state index contributed by atoms with van der Waals surface area (Å²) in [5.74, 6) is 0. The highest BCUT2D eigenvalue weighted by Gasteiger charge is 2.17. The highest BCUT2D eigenvalue weighted by molar-refractivity contribution is 4.68. The zero-order chi connectivity index (χ0) is 10.1. The van der Waals surface area contributed by atoms with Gasteiger partial charge in [-0.05, 0) is 19.8 Å². The minimum atomic E-state index is -0.552. The van der Waals surface area contributed by atoms with Crippen LogP contribution in [0.4, 0.5) is 0 Å². The van der Waals surface area contributed by atoms with Crippen molar-refractivity contribution in [2.75, 3.05) is 26.9 Å². The van der Waals surface area contributed by atoms with Gasteiger partial charge >= 0.3 is 0 Å². The summed E-state index contributed by atoms with van der Waals surface area (Å²) in [6.07, 6.45) is 0.171. The first-order valence-corrected chi connectivity index (χ1v) is 4.65. The molecule has 2 atom stereocenters. The van der Waals surface area contributed by atoms with Gasteiger partial charge in [0.2, 0.25) is 0 Å². The zero-order valence-corrected chi connectivity index (χ0v) is 8.40. The fourth-order valence-electron chi connectivity index (χ4n) is 1.13. The average molecular weight is 192 g/mol. The van der Waals surface area contributed by atoms with Crippen LogP contribution in [-0.2, 0) is 9.47 Å². The first-order chi connectivity index (χ1) is 6.26. The molecule has 0 aliphatic carbocycles. The molecule has 2 N–H and O–H groups in total. The van der Waals surface area contributed by atoms with Gasteiger partial charge in [0.25, 0.3) is 0 Å². The third-order valence-corrected chi connectivity index (χ3v) is 1.91. The Morgan fingerprint density at radius 2 is 2.00 bits per heavy atom. The van der Waals surface area contributed by atoms with Gasteiger partial charge in [-0.25, -0.2) is 0 Å². The Morgan fingerprint density at radius 3 is 2.46 bits per heavy atom. The monoisotopic (exact) mass is 192 g/mol. The Kier molecular flexibility index (Phi) is 8.33. The number of hydrogen-bond donors (Lipinski definition) is 2. The van der Waals surface area contributed by atoms with E-state index in [4.69, 9.17) is 14.6 Å². The Labute approximate surface area is 79.5 Å². The van der Waals surface area contributed by atoms with Crippen molar-refractivity contribution < 1.29 is 19.7 Å². The van der Waals surface area contributed by atoms with Crippen LogP contribution in [0.15, 0.2) is 0 Å². The molecule has 0 radical (unpaired) electrons. The van der Waals surface area contributed by atoms with Crippen LogP contribution in [-0.4, -0.2) is 49.4 Å². The molecule has 0 saturated carbocycles. The molecule has 0 bridgehead atoms. The van der Waals surface area contributed by atoms with E-state index in [0.717, 1.165) is 0 Å². The molecule has 13 heavy (non-hydrogen) atoms. The smallest absolute Gasteiger partial charge is 0.0852 e. The van der Waals surface area contributed by atoms with Gasteiger partial charge in [-0.2, -0.15) is 0 Å². The van der Waals surface area contributed by atoms with Gasteiger partial charge in [-0.3, -0.25) is 0 Å². The predicted octanol–water partition coefficient (Wildman–Crippen LogP) is 0.171. The van der Waals surface area contributed by atoms with Crippen molar-refractivity contribution in [2.45, 2.75) is 32.0 Å². The van der Waals surface area contributed by atoms with Crippen LogP contribution in [0.2, 0.25) is 0 Å². The summed E-state index contributed by atoms with van der Waals surface area (Å²) in [6.45, 7) is 3.13. The Hall–Kier alpha value is -0.160. The molecular weight excluding hydrogens is 172 g/mol. The quantitative estimate of drug-likeness (QED) is 0.538. The third-order valence-electron chi connectivity index (χ3n) is 1.91. The van der Waals surface area contributed by atoms with Crippen LogP contribution in [0.1, 0.15) is 19.8 Å². The van der Waals surface area contributed by atoms with Gasteiger partial charge in [0.05, 0.1) is 12.2 Å². The molecule has 4 nitrogen and oxygen atoms in total. The number of aliphatic hydroxyl groups excluding tert-OH is 2. The summed E-state index contributed by atoms with van der Waals surface area (Å²) in [4.78, 5) is 0. The van der Waals surface area contributed by atoms with Gasteiger partial charge in [0.1, 0.15) is 0 Å². The van der Waals surface area contributed by atoms with Gasteiger partial charge in [0, 0.05) is 26.9 Å². The van der Waals surface area contributed by atoms with Crippen molar-refractivity contribution in [1.29, 1.82) is 0 Å². The van der Waals surface area contributed by atoms with Crippen LogP contribution in [0.5, 0.6) is 0 Å². The minimum absolute atomic E-state index is 0.0319. The molecule has 0 fully saturated rings. The maximum atomic E-state index is 9.55. The number of ether oxygens (including phenoxy) is 2. The molecular formula is C9H20O4. The van der Waals surface area contributed by atoms with E-state index in [9.17, 15) is 5.11 Å². The molecule has 0 aliphatic rings. The standard InChI is InChI=1S/C9H20O4/c1-3-13-7-5-8(11)9(12-2)4-6-10/h8-11H,3-7H2,1-2H3. The minimum Gasteiger partial charge on any atom is -0.396 e. The Balaban J connectivity index is 3.57. The lowest BCUT2D eigenvalue weighted by Gasteiger charge is -2.20. The van der Waals surface area contributed by atoms with Crippen LogP contribution < -0.4 is 0 Å². The average Bonchev–Trinajstić information content (AvgIpc) is 2.14. The van der Waals surface area contributed by atoms with E-state index in [2.05, 4.69) is 0 Å². The van der Waals surface area contributed by atoms with E-state index in [1.54, 1.807) is 0 Å². The van der Waals surface area contributed by atoms with Crippen molar-refractivity contribution in [3.05, 3.63) is 0 Å². The summed E-state index contributed by atoms with van der Waals surface area (Å²) in [5.41, 5.74) is 0. The molecule has 4 heteroatoms. The molecule has 0 heterocycles. The van der Waals surface area contributed by atoms with E-state index < -0.39 is 6.10 Å².